The Labute approximate surface area is 142 Å². The van der Waals surface area contributed by atoms with Crippen LogP contribution in [0.4, 0.5) is 0 Å². The molecule has 0 bridgehead atoms. The van der Waals surface area contributed by atoms with Crippen molar-refractivity contribution >= 4 is 22.6 Å². The molecule has 2 aromatic rings. The number of nitrogens with zero attached hydrogens (tertiary/aromatic N) is 2. The molecule has 4 heteroatoms. The van der Waals surface area contributed by atoms with Crippen molar-refractivity contribution in [2.24, 2.45) is 0 Å². The third kappa shape index (κ3) is 2.85. The lowest BCUT2D eigenvalue weighted by Crippen LogP contribution is -2.48. The third-order valence-corrected chi connectivity index (χ3v) is 4.48. The van der Waals surface area contributed by atoms with Gasteiger partial charge < -0.3 is 0 Å². The van der Waals surface area contributed by atoms with E-state index in [1.54, 1.807) is 13.0 Å². The molecule has 0 unspecified atom stereocenters. The van der Waals surface area contributed by atoms with E-state index in [1.165, 1.54) is 11.1 Å². The summed E-state index contributed by atoms with van der Waals surface area (Å²) in [6.07, 6.45) is 3.44. The fourth-order valence-corrected chi connectivity index (χ4v) is 3.27. The minimum atomic E-state index is -0.398. The fourth-order valence-electron chi connectivity index (χ4n) is 3.27. The van der Waals surface area contributed by atoms with Gasteiger partial charge in [0.25, 0.3) is 5.91 Å². The van der Waals surface area contributed by atoms with Gasteiger partial charge in [-0.2, -0.15) is 0 Å². The lowest BCUT2D eigenvalue weighted by atomic mass is 9.99. The van der Waals surface area contributed by atoms with Crippen LogP contribution >= 0.6 is 0 Å². The molecule has 0 aliphatic carbocycles. The fraction of sp³-hybridized carbons (Fsp3) is 0.300. The summed E-state index contributed by atoms with van der Waals surface area (Å²) in [5.41, 5.74) is 0.708. The molecule has 0 N–H and O–H groups in total. The molecule has 124 valence electrons. The highest BCUT2D eigenvalue weighted by atomic mass is 16.2. The molecule has 1 aliphatic rings. The van der Waals surface area contributed by atoms with Gasteiger partial charge in [-0.15, -0.1) is 0 Å². The van der Waals surface area contributed by atoms with Crippen molar-refractivity contribution in [3.05, 3.63) is 60.2 Å². The Morgan fingerprint density at radius 1 is 1.17 bits per heavy atom. The van der Waals surface area contributed by atoms with Gasteiger partial charge in [-0.3, -0.25) is 9.59 Å². The Hall–Kier alpha value is -2.46. The molecule has 2 aromatic carbocycles. The molecular formula is C20H22N2O2. The summed E-state index contributed by atoms with van der Waals surface area (Å²) in [5, 5.41) is 5.49. The van der Waals surface area contributed by atoms with Gasteiger partial charge in [-0.25, -0.2) is 10.0 Å². The molecule has 0 radical (unpaired) electrons. The van der Waals surface area contributed by atoms with Crippen molar-refractivity contribution in [3.63, 3.8) is 0 Å². The van der Waals surface area contributed by atoms with Gasteiger partial charge >= 0.3 is 0 Å². The number of imide groups is 1. The second kappa shape index (κ2) is 6.21. The van der Waals surface area contributed by atoms with E-state index in [4.69, 9.17) is 0 Å². The van der Waals surface area contributed by atoms with E-state index in [2.05, 4.69) is 24.3 Å². The largest absolute Gasteiger partial charge is 0.273 e. The number of fused-ring (bicyclic) bond motifs is 1. The van der Waals surface area contributed by atoms with Crippen molar-refractivity contribution in [2.75, 3.05) is 0 Å². The maximum absolute atomic E-state index is 12.4. The lowest BCUT2D eigenvalue weighted by Gasteiger charge is -2.35. The van der Waals surface area contributed by atoms with Crippen molar-refractivity contribution in [1.29, 1.82) is 0 Å². The molecule has 1 fully saturated rings. The molecule has 2 amide bonds. The van der Waals surface area contributed by atoms with Crippen LogP contribution in [0.1, 0.15) is 32.8 Å². The first-order chi connectivity index (χ1) is 11.4. The first-order valence-electron chi connectivity index (χ1n) is 8.18. The van der Waals surface area contributed by atoms with Crippen LogP contribution in [0, 0.1) is 0 Å². The van der Waals surface area contributed by atoms with Crippen LogP contribution in [-0.2, 0) is 16.1 Å². The standard InChI is InChI=1S/C20H22N2O2/c1-4-8-18(23)22-19(24)13-20(2,3)21(22)14-16-11-7-10-15-9-5-6-12-17(15)16/h4-12H,13-14H2,1-3H3/b8-4+. The van der Waals surface area contributed by atoms with E-state index in [9.17, 15) is 9.59 Å². The highest BCUT2D eigenvalue weighted by Gasteiger charge is 2.46. The van der Waals surface area contributed by atoms with Gasteiger partial charge in [-0.05, 0) is 37.1 Å². The van der Waals surface area contributed by atoms with E-state index < -0.39 is 5.54 Å². The second-order valence-corrected chi connectivity index (χ2v) is 6.73. The number of amides is 2. The Kier molecular flexibility index (Phi) is 4.24. The summed E-state index contributed by atoms with van der Waals surface area (Å²) in [7, 11) is 0. The number of carbonyl (C=O) groups excluding carboxylic acids is 2. The van der Waals surface area contributed by atoms with E-state index in [-0.39, 0.29) is 11.8 Å². The quantitative estimate of drug-likeness (QED) is 0.810. The first kappa shape index (κ1) is 16.4. The molecule has 1 aliphatic heterocycles. The van der Waals surface area contributed by atoms with Crippen LogP contribution in [0.15, 0.2) is 54.6 Å². The minimum Gasteiger partial charge on any atom is -0.273 e. The van der Waals surface area contributed by atoms with Crippen LogP contribution in [0.3, 0.4) is 0 Å². The molecule has 4 nitrogen and oxygen atoms in total. The Bertz CT molecular complexity index is 818. The molecule has 0 atom stereocenters. The van der Waals surface area contributed by atoms with E-state index in [0.717, 1.165) is 16.3 Å². The lowest BCUT2D eigenvalue weighted by molar-refractivity contribution is -0.157. The zero-order valence-corrected chi connectivity index (χ0v) is 14.3. The molecular weight excluding hydrogens is 300 g/mol. The maximum Gasteiger partial charge on any atom is 0.267 e. The summed E-state index contributed by atoms with van der Waals surface area (Å²) in [4.78, 5) is 24.8. The van der Waals surface area contributed by atoms with Gasteiger partial charge in [0.15, 0.2) is 0 Å². The normalized spacial score (nSPS) is 18.0. The summed E-state index contributed by atoms with van der Waals surface area (Å²) >= 11 is 0. The predicted molar refractivity (Wildman–Crippen MR) is 94.9 cm³/mol. The van der Waals surface area contributed by atoms with Crippen molar-refractivity contribution in [3.8, 4) is 0 Å². The molecule has 24 heavy (non-hydrogen) atoms. The van der Waals surface area contributed by atoms with Crippen LogP contribution in [-0.4, -0.2) is 27.4 Å². The topological polar surface area (TPSA) is 40.6 Å². The number of carbonyl (C=O) groups is 2. The van der Waals surface area contributed by atoms with Crippen LogP contribution in [0.25, 0.3) is 10.8 Å². The maximum atomic E-state index is 12.4. The van der Waals surface area contributed by atoms with Crippen LogP contribution in [0.2, 0.25) is 0 Å². The van der Waals surface area contributed by atoms with Crippen molar-refractivity contribution in [2.45, 2.75) is 39.3 Å². The Morgan fingerprint density at radius 2 is 1.88 bits per heavy atom. The molecule has 0 saturated carbocycles. The second-order valence-electron chi connectivity index (χ2n) is 6.73. The Morgan fingerprint density at radius 3 is 2.62 bits per heavy atom. The predicted octanol–water partition coefficient (Wildman–Crippen LogP) is 3.67. The molecule has 0 aromatic heterocycles. The van der Waals surface area contributed by atoms with Gasteiger partial charge in [0.05, 0.1) is 0 Å². The summed E-state index contributed by atoms with van der Waals surface area (Å²) in [6, 6.07) is 14.3. The number of allylic oxidation sites excluding steroid dienone is 1. The number of hydrogen-bond acceptors (Lipinski definition) is 3. The summed E-state index contributed by atoms with van der Waals surface area (Å²) in [6.45, 7) is 6.29. The monoisotopic (exact) mass is 322 g/mol. The Balaban J connectivity index is 2.01. The molecule has 1 saturated heterocycles. The molecule has 3 rings (SSSR count). The summed E-state index contributed by atoms with van der Waals surface area (Å²) < 4.78 is 0. The zero-order valence-electron chi connectivity index (χ0n) is 14.3. The first-order valence-corrected chi connectivity index (χ1v) is 8.18. The van der Waals surface area contributed by atoms with E-state index in [1.807, 2.05) is 37.1 Å². The van der Waals surface area contributed by atoms with Crippen LogP contribution < -0.4 is 0 Å². The van der Waals surface area contributed by atoms with Gasteiger partial charge in [-0.1, -0.05) is 48.5 Å². The summed E-state index contributed by atoms with van der Waals surface area (Å²) in [5.74, 6) is -0.434. The van der Waals surface area contributed by atoms with Crippen molar-refractivity contribution in [1.82, 2.24) is 10.0 Å². The number of benzene rings is 2. The highest BCUT2D eigenvalue weighted by molar-refractivity contribution is 6.02. The minimum absolute atomic E-state index is 0.150. The van der Waals surface area contributed by atoms with E-state index >= 15 is 0 Å². The van der Waals surface area contributed by atoms with Gasteiger partial charge in [0, 0.05) is 24.6 Å². The van der Waals surface area contributed by atoms with Gasteiger partial charge in [0.2, 0.25) is 5.91 Å². The average molecular weight is 322 g/mol. The third-order valence-electron chi connectivity index (χ3n) is 4.48. The average Bonchev–Trinajstić information content (AvgIpc) is 2.76. The SMILES string of the molecule is C/C=C/C(=O)N1C(=O)CC(C)(C)N1Cc1cccc2ccccc12. The zero-order chi connectivity index (χ0) is 17.3. The van der Waals surface area contributed by atoms with Crippen LogP contribution in [0.5, 0.6) is 0 Å². The van der Waals surface area contributed by atoms with Gasteiger partial charge in [0.1, 0.15) is 0 Å². The van der Waals surface area contributed by atoms with Crippen molar-refractivity contribution < 1.29 is 9.59 Å². The number of rotatable bonds is 3. The smallest absolute Gasteiger partial charge is 0.267 e. The molecule has 1 heterocycles. The number of hydrogen-bond donors (Lipinski definition) is 0. The highest BCUT2D eigenvalue weighted by Crippen LogP contribution is 2.33. The van der Waals surface area contributed by atoms with E-state index in [0.29, 0.717) is 13.0 Å². The molecule has 0 spiro atoms. The number of hydrazine groups is 1.